The standard InChI is InChI=1S/C19H20N2O/c22-18-12-20-19(15-6-2-1-3-7-15)16-8-4-5-9-17(16)21(18)13-14-10-11-14/h1-9,14,19-20H,10-13H2. The van der Waals surface area contributed by atoms with Crippen LogP contribution >= 0.6 is 0 Å². The van der Waals surface area contributed by atoms with Crippen molar-refractivity contribution in [3.63, 3.8) is 0 Å². The SMILES string of the molecule is O=C1CNC(c2ccccc2)c2ccccc2N1CC1CC1. The molecule has 1 amide bonds. The lowest BCUT2D eigenvalue weighted by atomic mass is 9.97. The second-order valence-electron chi connectivity index (χ2n) is 6.23. The number of hydrogen-bond donors (Lipinski definition) is 1. The summed E-state index contributed by atoms with van der Waals surface area (Å²) in [5.41, 5.74) is 3.47. The van der Waals surface area contributed by atoms with Crippen LogP contribution in [-0.2, 0) is 4.79 Å². The van der Waals surface area contributed by atoms with Gasteiger partial charge in [0.2, 0.25) is 5.91 Å². The third-order valence-corrected chi connectivity index (χ3v) is 4.57. The Morgan fingerprint density at radius 3 is 2.50 bits per heavy atom. The molecule has 0 spiro atoms. The fraction of sp³-hybridized carbons (Fsp3) is 0.316. The van der Waals surface area contributed by atoms with E-state index in [0.717, 1.165) is 12.2 Å². The number of fused-ring (bicyclic) bond motifs is 1. The number of amides is 1. The summed E-state index contributed by atoms with van der Waals surface area (Å²) in [7, 11) is 0. The summed E-state index contributed by atoms with van der Waals surface area (Å²) in [6.07, 6.45) is 2.50. The summed E-state index contributed by atoms with van der Waals surface area (Å²) in [4.78, 5) is 14.6. The zero-order valence-corrected chi connectivity index (χ0v) is 12.5. The number of anilines is 1. The Kier molecular flexibility index (Phi) is 3.43. The topological polar surface area (TPSA) is 32.3 Å². The van der Waals surface area contributed by atoms with Gasteiger partial charge in [-0.3, -0.25) is 10.1 Å². The number of para-hydroxylation sites is 1. The first-order valence-corrected chi connectivity index (χ1v) is 8.00. The minimum absolute atomic E-state index is 0.0746. The maximum absolute atomic E-state index is 12.6. The molecule has 2 aliphatic rings. The zero-order valence-electron chi connectivity index (χ0n) is 12.5. The lowest BCUT2D eigenvalue weighted by Gasteiger charge is -2.24. The number of benzene rings is 2. The summed E-state index contributed by atoms with van der Waals surface area (Å²) in [6.45, 7) is 1.25. The Morgan fingerprint density at radius 1 is 1.00 bits per heavy atom. The Hall–Kier alpha value is -2.13. The van der Waals surface area contributed by atoms with Gasteiger partial charge in [0.05, 0.1) is 12.6 Å². The predicted molar refractivity (Wildman–Crippen MR) is 87.8 cm³/mol. The Bertz CT molecular complexity index is 679. The molecule has 0 radical (unpaired) electrons. The number of nitrogens with zero attached hydrogens (tertiary/aromatic N) is 1. The third kappa shape index (κ3) is 2.53. The monoisotopic (exact) mass is 292 g/mol. The van der Waals surface area contributed by atoms with Gasteiger partial charge in [-0.05, 0) is 36.0 Å². The summed E-state index contributed by atoms with van der Waals surface area (Å²) < 4.78 is 0. The van der Waals surface area contributed by atoms with Crippen LogP contribution in [0, 0.1) is 5.92 Å². The highest BCUT2D eigenvalue weighted by molar-refractivity contribution is 5.96. The fourth-order valence-electron chi connectivity index (χ4n) is 3.21. The van der Waals surface area contributed by atoms with Crippen LogP contribution in [0.2, 0.25) is 0 Å². The van der Waals surface area contributed by atoms with E-state index in [4.69, 9.17) is 0 Å². The van der Waals surface area contributed by atoms with Crippen LogP contribution in [0.5, 0.6) is 0 Å². The maximum atomic E-state index is 12.6. The van der Waals surface area contributed by atoms with Crippen LogP contribution < -0.4 is 10.2 Å². The molecule has 1 unspecified atom stereocenters. The second kappa shape index (κ2) is 5.58. The van der Waals surface area contributed by atoms with Gasteiger partial charge in [0.1, 0.15) is 0 Å². The molecule has 0 saturated heterocycles. The molecule has 112 valence electrons. The van der Waals surface area contributed by atoms with Gasteiger partial charge in [0.15, 0.2) is 0 Å². The van der Waals surface area contributed by atoms with E-state index < -0.39 is 0 Å². The summed E-state index contributed by atoms with van der Waals surface area (Å²) in [6, 6.07) is 18.7. The van der Waals surface area contributed by atoms with Gasteiger partial charge in [-0.1, -0.05) is 48.5 Å². The molecule has 0 bridgehead atoms. The number of carbonyl (C=O) groups is 1. The van der Waals surface area contributed by atoms with E-state index in [9.17, 15) is 4.79 Å². The second-order valence-corrected chi connectivity index (χ2v) is 6.23. The molecule has 1 atom stereocenters. The first kappa shape index (κ1) is 13.5. The van der Waals surface area contributed by atoms with E-state index in [1.54, 1.807) is 0 Å². The average Bonchev–Trinajstić information content (AvgIpc) is 3.39. The summed E-state index contributed by atoms with van der Waals surface area (Å²) >= 11 is 0. The Balaban J connectivity index is 1.77. The quantitative estimate of drug-likeness (QED) is 0.942. The van der Waals surface area contributed by atoms with Crippen LogP contribution in [0.15, 0.2) is 54.6 Å². The van der Waals surface area contributed by atoms with Crippen molar-refractivity contribution >= 4 is 11.6 Å². The minimum Gasteiger partial charge on any atom is -0.311 e. The number of hydrogen-bond acceptors (Lipinski definition) is 2. The van der Waals surface area contributed by atoms with Crippen molar-refractivity contribution in [2.24, 2.45) is 5.92 Å². The third-order valence-electron chi connectivity index (χ3n) is 4.57. The molecule has 1 fully saturated rings. The predicted octanol–water partition coefficient (Wildman–Crippen LogP) is 3.12. The van der Waals surface area contributed by atoms with Crippen LogP contribution in [0.25, 0.3) is 0 Å². The van der Waals surface area contributed by atoms with Gasteiger partial charge in [0.25, 0.3) is 0 Å². The fourth-order valence-corrected chi connectivity index (χ4v) is 3.21. The minimum atomic E-state index is 0.0746. The van der Waals surface area contributed by atoms with Gasteiger partial charge in [-0.15, -0.1) is 0 Å². The van der Waals surface area contributed by atoms with Crippen molar-refractivity contribution < 1.29 is 4.79 Å². The first-order valence-electron chi connectivity index (χ1n) is 8.00. The van der Waals surface area contributed by atoms with Gasteiger partial charge >= 0.3 is 0 Å². The highest BCUT2D eigenvalue weighted by Gasteiger charge is 2.32. The normalized spacial score (nSPS) is 21.4. The molecular formula is C19H20N2O. The van der Waals surface area contributed by atoms with E-state index in [1.807, 2.05) is 29.2 Å². The van der Waals surface area contributed by atoms with Gasteiger partial charge < -0.3 is 4.90 Å². The van der Waals surface area contributed by atoms with Crippen molar-refractivity contribution in [2.45, 2.75) is 18.9 Å². The lowest BCUT2D eigenvalue weighted by Crippen LogP contribution is -2.37. The maximum Gasteiger partial charge on any atom is 0.240 e. The molecule has 2 aromatic rings. The molecule has 1 aliphatic carbocycles. The molecule has 2 aromatic carbocycles. The van der Waals surface area contributed by atoms with Crippen molar-refractivity contribution in [1.29, 1.82) is 0 Å². The van der Waals surface area contributed by atoms with E-state index >= 15 is 0 Å². The number of nitrogens with one attached hydrogen (secondary N) is 1. The van der Waals surface area contributed by atoms with Crippen molar-refractivity contribution in [3.8, 4) is 0 Å². The molecule has 1 aliphatic heterocycles. The first-order chi connectivity index (χ1) is 10.8. The van der Waals surface area contributed by atoms with Crippen LogP contribution in [0.4, 0.5) is 5.69 Å². The van der Waals surface area contributed by atoms with Crippen molar-refractivity contribution in [1.82, 2.24) is 5.32 Å². The zero-order chi connectivity index (χ0) is 14.9. The molecule has 22 heavy (non-hydrogen) atoms. The van der Waals surface area contributed by atoms with Crippen molar-refractivity contribution in [2.75, 3.05) is 18.0 Å². The van der Waals surface area contributed by atoms with Crippen LogP contribution in [-0.4, -0.2) is 19.0 Å². The Morgan fingerprint density at radius 2 is 1.73 bits per heavy atom. The summed E-state index contributed by atoms with van der Waals surface area (Å²) in [5.74, 6) is 0.864. The summed E-state index contributed by atoms with van der Waals surface area (Å²) in [5, 5.41) is 3.44. The van der Waals surface area contributed by atoms with Crippen LogP contribution in [0.3, 0.4) is 0 Å². The number of carbonyl (C=O) groups excluding carboxylic acids is 1. The lowest BCUT2D eigenvalue weighted by molar-refractivity contribution is -0.117. The average molecular weight is 292 g/mol. The molecule has 1 heterocycles. The van der Waals surface area contributed by atoms with E-state index in [2.05, 4.69) is 35.6 Å². The highest BCUT2D eigenvalue weighted by atomic mass is 16.2. The molecule has 1 N–H and O–H groups in total. The highest BCUT2D eigenvalue weighted by Crippen LogP contribution is 2.36. The Labute approximate surface area is 131 Å². The van der Waals surface area contributed by atoms with Gasteiger partial charge in [-0.25, -0.2) is 0 Å². The van der Waals surface area contributed by atoms with E-state index in [0.29, 0.717) is 12.5 Å². The van der Waals surface area contributed by atoms with Gasteiger partial charge in [-0.2, -0.15) is 0 Å². The molecule has 3 nitrogen and oxygen atoms in total. The molecular weight excluding hydrogens is 272 g/mol. The van der Waals surface area contributed by atoms with Crippen LogP contribution in [0.1, 0.15) is 30.0 Å². The molecule has 0 aromatic heterocycles. The van der Waals surface area contributed by atoms with E-state index in [-0.39, 0.29) is 11.9 Å². The van der Waals surface area contributed by atoms with E-state index in [1.165, 1.54) is 24.0 Å². The molecule has 4 rings (SSSR count). The van der Waals surface area contributed by atoms with Crippen molar-refractivity contribution in [3.05, 3.63) is 65.7 Å². The number of rotatable bonds is 3. The largest absolute Gasteiger partial charge is 0.311 e. The molecule has 1 saturated carbocycles. The molecule has 3 heteroatoms. The van der Waals surface area contributed by atoms with Gasteiger partial charge in [0, 0.05) is 12.2 Å². The smallest absolute Gasteiger partial charge is 0.240 e.